The summed E-state index contributed by atoms with van der Waals surface area (Å²) < 4.78 is 21.1. The molecule has 9 heteroatoms. The van der Waals surface area contributed by atoms with E-state index >= 15 is 0 Å². The van der Waals surface area contributed by atoms with Crippen molar-refractivity contribution < 1.29 is 9.13 Å². The number of pyridine rings is 1. The molecule has 0 bridgehead atoms. The lowest BCUT2D eigenvalue weighted by Gasteiger charge is -2.24. The molecule has 1 aliphatic rings. The van der Waals surface area contributed by atoms with Crippen LogP contribution in [0.3, 0.4) is 0 Å². The Bertz CT molecular complexity index is 1530. The third-order valence-electron chi connectivity index (χ3n) is 6.73. The van der Waals surface area contributed by atoms with Gasteiger partial charge >= 0.3 is 0 Å². The van der Waals surface area contributed by atoms with Crippen molar-refractivity contribution in [2.45, 2.75) is 38.1 Å². The molecule has 0 fully saturated rings. The summed E-state index contributed by atoms with van der Waals surface area (Å²) >= 11 is 0. The van der Waals surface area contributed by atoms with Crippen LogP contribution in [0.15, 0.2) is 48.9 Å². The Kier molecular flexibility index (Phi) is 5.41. The number of fused-ring (bicyclic) bond motifs is 4. The number of anilines is 1. The Hall–Kier alpha value is -3.85. The largest absolute Gasteiger partial charge is 0.384 e. The van der Waals surface area contributed by atoms with E-state index in [1.54, 1.807) is 17.8 Å². The van der Waals surface area contributed by atoms with Crippen molar-refractivity contribution in [2.24, 2.45) is 0 Å². The van der Waals surface area contributed by atoms with Gasteiger partial charge in [-0.05, 0) is 37.0 Å². The van der Waals surface area contributed by atoms with Crippen molar-refractivity contribution in [3.05, 3.63) is 71.6 Å². The van der Waals surface area contributed by atoms with E-state index < -0.39 is 5.82 Å². The summed E-state index contributed by atoms with van der Waals surface area (Å²) in [6.07, 6.45) is 7.34. The Morgan fingerprint density at radius 3 is 2.97 bits per heavy atom. The number of nitrogens with one attached hydrogen (secondary N) is 2. The van der Waals surface area contributed by atoms with Crippen molar-refractivity contribution in [3.63, 3.8) is 0 Å². The van der Waals surface area contributed by atoms with Gasteiger partial charge in [-0.25, -0.2) is 9.37 Å². The number of aromatic amines is 1. The molecule has 0 saturated heterocycles. The first-order chi connectivity index (χ1) is 17.1. The standard InChI is InChI=1S/C26H26FN7O/c1-15(14-35-2)21-13-29-34-25(21)32-24(16-9-17(27)12-28-11-16)33-26(34)30-18-7-8-23-20(10-18)19-5-3-4-6-22(19)31-23/h3-6,9,11-13,15,18,31H,7-8,10,14H2,1-2H3,(H,30,32,33). The summed E-state index contributed by atoms with van der Waals surface area (Å²) in [5, 5.41) is 9.49. The molecule has 5 aromatic rings. The molecule has 1 aromatic carbocycles. The number of halogens is 1. The van der Waals surface area contributed by atoms with Crippen LogP contribution in [0.4, 0.5) is 10.3 Å². The normalized spacial score (nSPS) is 16.5. The number of rotatable bonds is 6. The quantitative estimate of drug-likeness (QED) is 0.378. The van der Waals surface area contributed by atoms with Crippen molar-refractivity contribution in [1.29, 1.82) is 0 Å². The van der Waals surface area contributed by atoms with E-state index in [1.807, 2.05) is 6.20 Å². The Morgan fingerprint density at radius 2 is 2.11 bits per heavy atom. The van der Waals surface area contributed by atoms with Crippen LogP contribution in [-0.4, -0.2) is 49.3 Å². The average molecular weight is 472 g/mol. The summed E-state index contributed by atoms with van der Waals surface area (Å²) in [6.45, 7) is 2.61. The van der Waals surface area contributed by atoms with Crippen molar-refractivity contribution >= 4 is 22.5 Å². The van der Waals surface area contributed by atoms with Gasteiger partial charge in [-0.1, -0.05) is 25.1 Å². The lowest BCUT2D eigenvalue weighted by atomic mass is 9.91. The van der Waals surface area contributed by atoms with Gasteiger partial charge in [-0.15, -0.1) is 0 Å². The molecule has 178 valence electrons. The molecule has 2 unspecified atom stereocenters. The monoisotopic (exact) mass is 471 g/mol. The topological polar surface area (TPSA) is 93.0 Å². The van der Waals surface area contributed by atoms with Gasteiger partial charge in [0.1, 0.15) is 5.82 Å². The molecule has 8 nitrogen and oxygen atoms in total. The van der Waals surface area contributed by atoms with Crippen LogP contribution in [0.1, 0.15) is 36.1 Å². The van der Waals surface area contributed by atoms with E-state index in [2.05, 4.69) is 51.6 Å². The highest BCUT2D eigenvalue weighted by atomic mass is 19.1. The first-order valence-corrected chi connectivity index (χ1v) is 11.8. The molecule has 0 spiro atoms. The summed E-state index contributed by atoms with van der Waals surface area (Å²) in [7, 11) is 1.68. The number of benzene rings is 1. The van der Waals surface area contributed by atoms with Gasteiger partial charge in [-0.3, -0.25) is 4.98 Å². The third kappa shape index (κ3) is 3.91. The minimum Gasteiger partial charge on any atom is -0.384 e. The average Bonchev–Trinajstić information content (AvgIpc) is 3.46. The predicted molar refractivity (Wildman–Crippen MR) is 132 cm³/mol. The van der Waals surface area contributed by atoms with Crippen LogP contribution < -0.4 is 5.32 Å². The Morgan fingerprint density at radius 1 is 1.23 bits per heavy atom. The van der Waals surface area contributed by atoms with Crippen LogP contribution in [0, 0.1) is 5.82 Å². The van der Waals surface area contributed by atoms with Gasteiger partial charge < -0.3 is 15.0 Å². The van der Waals surface area contributed by atoms with Crippen molar-refractivity contribution in [1.82, 2.24) is 29.5 Å². The molecular formula is C26H26FN7O. The maximum absolute atomic E-state index is 14.0. The summed E-state index contributed by atoms with van der Waals surface area (Å²) in [5.74, 6) is 0.642. The minimum atomic E-state index is -0.430. The van der Waals surface area contributed by atoms with Crippen LogP contribution in [0.5, 0.6) is 0 Å². The summed E-state index contributed by atoms with van der Waals surface area (Å²) in [5.41, 5.74) is 5.97. The number of ether oxygens (including phenoxy) is 1. The summed E-state index contributed by atoms with van der Waals surface area (Å²) in [6, 6.07) is 9.99. The molecule has 2 atom stereocenters. The van der Waals surface area contributed by atoms with E-state index in [-0.39, 0.29) is 12.0 Å². The van der Waals surface area contributed by atoms with Gasteiger partial charge in [0.05, 0.1) is 19.0 Å². The van der Waals surface area contributed by atoms with Gasteiger partial charge in [0.25, 0.3) is 0 Å². The molecule has 1 aliphatic carbocycles. The predicted octanol–water partition coefficient (Wildman–Crippen LogP) is 4.53. The first-order valence-electron chi connectivity index (χ1n) is 11.8. The Balaban J connectivity index is 1.41. The molecule has 4 heterocycles. The lowest BCUT2D eigenvalue weighted by molar-refractivity contribution is 0.184. The number of H-pyrrole nitrogens is 1. The molecule has 6 rings (SSSR count). The number of aromatic nitrogens is 6. The van der Waals surface area contributed by atoms with Gasteiger partial charge in [-0.2, -0.15) is 14.6 Å². The number of aryl methyl sites for hydroxylation is 1. The molecule has 35 heavy (non-hydrogen) atoms. The minimum absolute atomic E-state index is 0.0854. The van der Waals surface area contributed by atoms with Crippen LogP contribution in [0.25, 0.3) is 27.9 Å². The SMILES string of the molecule is COCC(C)c1cnn2c(NC3CCc4[nH]c5ccccc5c4C3)nc(-c3cncc(F)c3)nc12. The second-order valence-corrected chi connectivity index (χ2v) is 9.17. The van der Waals surface area contributed by atoms with Crippen molar-refractivity contribution in [2.75, 3.05) is 19.0 Å². The number of hydrogen-bond donors (Lipinski definition) is 2. The number of hydrogen-bond acceptors (Lipinski definition) is 6. The van der Waals surface area contributed by atoms with E-state index in [9.17, 15) is 4.39 Å². The number of para-hydroxylation sites is 1. The zero-order valence-electron chi connectivity index (χ0n) is 19.6. The van der Waals surface area contributed by atoms with Gasteiger partial charge in [0.2, 0.25) is 5.95 Å². The third-order valence-corrected chi connectivity index (χ3v) is 6.73. The van der Waals surface area contributed by atoms with Crippen molar-refractivity contribution in [3.8, 4) is 11.4 Å². The second-order valence-electron chi connectivity index (χ2n) is 9.17. The van der Waals surface area contributed by atoms with Crippen LogP contribution in [0.2, 0.25) is 0 Å². The summed E-state index contributed by atoms with van der Waals surface area (Å²) in [4.78, 5) is 17.1. The fourth-order valence-electron chi connectivity index (χ4n) is 5.01. The fourth-order valence-corrected chi connectivity index (χ4v) is 5.01. The lowest BCUT2D eigenvalue weighted by Crippen LogP contribution is -2.29. The smallest absolute Gasteiger partial charge is 0.228 e. The molecule has 4 aromatic heterocycles. The highest BCUT2D eigenvalue weighted by molar-refractivity contribution is 5.85. The molecule has 0 aliphatic heterocycles. The van der Waals surface area contributed by atoms with Crippen LogP contribution in [-0.2, 0) is 17.6 Å². The number of nitrogens with zero attached hydrogens (tertiary/aromatic N) is 5. The highest BCUT2D eigenvalue weighted by Gasteiger charge is 2.25. The second kappa shape index (κ2) is 8.74. The maximum atomic E-state index is 14.0. The van der Waals surface area contributed by atoms with E-state index in [4.69, 9.17) is 14.7 Å². The molecular weight excluding hydrogens is 445 g/mol. The zero-order valence-corrected chi connectivity index (χ0v) is 19.6. The molecule has 0 radical (unpaired) electrons. The van der Waals surface area contributed by atoms with Crippen LogP contribution >= 0.6 is 0 Å². The zero-order chi connectivity index (χ0) is 23.9. The Labute approximate surface area is 201 Å². The molecule has 0 saturated carbocycles. The first kappa shape index (κ1) is 21.7. The molecule has 0 amide bonds. The highest BCUT2D eigenvalue weighted by Crippen LogP contribution is 2.31. The fraction of sp³-hybridized carbons (Fsp3) is 0.308. The van der Waals surface area contributed by atoms with E-state index in [0.29, 0.717) is 29.6 Å². The van der Waals surface area contributed by atoms with Gasteiger partial charge in [0, 0.05) is 53.0 Å². The molecule has 2 N–H and O–H groups in total. The van der Waals surface area contributed by atoms with E-state index in [0.717, 1.165) is 24.8 Å². The van der Waals surface area contributed by atoms with Gasteiger partial charge in [0.15, 0.2) is 11.5 Å². The maximum Gasteiger partial charge on any atom is 0.228 e. The number of methoxy groups -OCH3 is 1. The van der Waals surface area contributed by atoms with E-state index in [1.165, 1.54) is 34.4 Å².